The van der Waals surface area contributed by atoms with Crippen molar-refractivity contribution in [1.29, 1.82) is 0 Å². The van der Waals surface area contributed by atoms with Crippen molar-refractivity contribution in [3.8, 4) is 11.3 Å². The van der Waals surface area contributed by atoms with Gasteiger partial charge in [0.15, 0.2) is 5.69 Å². The zero-order chi connectivity index (χ0) is 20.6. The summed E-state index contributed by atoms with van der Waals surface area (Å²) in [7, 11) is 0. The number of hydrogen-bond donors (Lipinski definition) is 1. The average Bonchev–Trinajstić information content (AvgIpc) is 2.66. The third kappa shape index (κ3) is 6.59. The standard InChI is InChI=1S/C22H27F4NO/c1-16-9-11-17(12-10-16)19-14-13-18(21(27-19)22(24,25)26)20(28)8-6-4-2-3-5-7-15-23/h9-14,20,28H,2-8,15H2,1H3/t20-/m1/s1. The number of aliphatic hydroxyl groups excluding tert-OH is 1. The first-order chi connectivity index (χ1) is 13.3. The van der Waals surface area contributed by atoms with Gasteiger partial charge in [0.1, 0.15) is 0 Å². The first kappa shape index (κ1) is 22.3. The Morgan fingerprint density at radius 3 is 2.11 bits per heavy atom. The van der Waals surface area contributed by atoms with Gasteiger partial charge in [0.2, 0.25) is 0 Å². The van der Waals surface area contributed by atoms with E-state index in [1.54, 1.807) is 12.1 Å². The fourth-order valence-corrected chi connectivity index (χ4v) is 3.15. The SMILES string of the molecule is Cc1ccc(-c2ccc([C@H](O)CCCCCCCCF)c(C(F)(F)F)n2)cc1. The smallest absolute Gasteiger partial charge is 0.388 e. The molecule has 2 rings (SSSR count). The van der Waals surface area contributed by atoms with E-state index in [0.717, 1.165) is 31.2 Å². The Kier molecular flexibility index (Phi) is 8.42. The molecule has 0 saturated carbocycles. The summed E-state index contributed by atoms with van der Waals surface area (Å²) < 4.78 is 52.6. The summed E-state index contributed by atoms with van der Waals surface area (Å²) in [4.78, 5) is 3.82. The number of aryl methyl sites for hydroxylation is 1. The summed E-state index contributed by atoms with van der Waals surface area (Å²) in [5.41, 5.74) is 0.639. The van der Waals surface area contributed by atoms with E-state index in [0.29, 0.717) is 18.4 Å². The van der Waals surface area contributed by atoms with Gasteiger partial charge in [0, 0.05) is 11.1 Å². The van der Waals surface area contributed by atoms with Gasteiger partial charge in [-0.2, -0.15) is 13.2 Å². The molecular weight excluding hydrogens is 370 g/mol. The molecule has 1 heterocycles. The van der Waals surface area contributed by atoms with Gasteiger partial charge in [-0.1, -0.05) is 68.0 Å². The molecule has 1 aromatic carbocycles. The molecular formula is C22H27F4NO. The van der Waals surface area contributed by atoms with Gasteiger partial charge in [0.05, 0.1) is 18.5 Å². The van der Waals surface area contributed by atoms with Crippen molar-refractivity contribution >= 4 is 0 Å². The van der Waals surface area contributed by atoms with Gasteiger partial charge in [-0.3, -0.25) is 4.39 Å². The van der Waals surface area contributed by atoms with E-state index in [1.165, 1.54) is 12.1 Å². The lowest BCUT2D eigenvalue weighted by Gasteiger charge is -2.18. The highest BCUT2D eigenvalue weighted by Crippen LogP contribution is 2.36. The van der Waals surface area contributed by atoms with Crippen LogP contribution in [-0.4, -0.2) is 16.8 Å². The molecule has 2 aromatic rings. The van der Waals surface area contributed by atoms with Gasteiger partial charge in [-0.25, -0.2) is 4.98 Å². The van der Waals surface area contributed by atoms with E-state index in [1.807, 2.05) is 19.1 Å². The van der Waals surface area contributed by atoms with Crippen LogP contribution in [0.3, 0.4) is 0 Å². The number of aliphatic hydroxyl groups is 1. The van der Waals surface area contributed by atoms with Crippen molar-refractivity contribution in [3.05, 3.63) is 53.2 Å². The topological polar surface area (TPSA) is 33.1 Å². The summed E-state index contributed by atoms with van der Waals surface area (Å²) in [6.45, 7) is 1.59. The lowest BCUT2D eigenvalue weighted by Crippen LogP contribution is -2.15. The zero-order valence-corrected chi connectivity index (χ0v) is 16.1. The maximum atomic E-state index is 13.5. The van der Waals surface area contributed by atoms with Crippen LogP contribution in [0.1, 0.15) is 67.9 Å². The van der Waals surface area contributed by atoms with Crippen molar-refractivity contribution in [2.24, 2.45) is 0 Å². The van der Waals surface area contributed by atoms with E-state index in [2.05, 4.69) is 4.98 Å². The molecule has 0 saturated heterocycles. The second-order valence-electron chi connectivity index (χ2n) is 7.11. The molecule has 0 fully saturated rings. The van der Waals surface area contributed by atoms with E-state index in [4.69, 9.17) is 0 Å². The molecule has 154 valence electrons. The Hall–Kier alpha value is -1.95. The number of unbranched alkanes of at least 4 members (excludes halogenated alkanes) is 5. The maximum absolute atomic E-state index is 13.5. The quantitative estimate of drug-likeness (QED) is 0.353. The molecule has 28 heavy (non-hydrogen) atoms. The number of hydrogen-bond acceptors (Lipinski definition) is 2. The minimum atomic E-state index is -4.64. The minimum absolute atomic E-state index is 0.180. The third-order valence-corrected chi connectivity index (χ3v) is 4.76. The number of nitrogens with zero attached hydrogens (tertiary/aromatic N) is 1. The molecule has 0 unspecified atom stereocenters. The van der Waals surface area contributed by atoms with Crippen LogP contribution in [0.15, 0.2) is 36.4 Å². The van der Waals surface area contributed by atoms with Crippen molar-refractivity contribution in [2.75, 3.05) is 6.67 Å². The predicted molar refractivity (Wildman–Crippen MR) is 103 cm³/mol. The van der Waals surface area contributed by atoms with Crippen LogP contribution >= 0.6 is 0 Å². The Morgan fingerprint density at radius 1 is 0.893 bits per heavy atom. The average molecular weight is 397 g/mol. The zero-order valence-electron chi connectivity index (χ0n) is 16.1. The molecule has 2 nitrogen and oxygen atoms in total. The lowest BCUT2D eigenvalue weighted by molar-refractivity contribution is -0.142. The van der Waals surface area contributed by atoms with E-state index in [9.17, 15) is 22.7 Å². The molecule has 0 aliphatic carbocycles. The van der Waals surface area contributed by atoms with E-state index < -0.39 is 18.0 Å². The van der Waals surface area contributed by atoms with Gasteiger partial charge < -0.3 is 5.11 Å². The van der Waals surface area contributed by atoms with Crippen LogP contribution in [0.2, 0.25) is 0 Å². The summed E-state index contributed by atoms with van der Waals surface area (Å²) in [6.07, 6.45) is -1.00. The summed E-state index contributed by atoms with van der Waals surface area (Å²) in [5.74, 6) is 0. The Bertz CT molecular complexity index is 728. The van der Waals surface area contributed by atoms with Crippen molar-refractivity contribution < 1.29 is 22.7 Å². The Morgan fingerprint density at radius 2 is 1.50 bits per heavy atom. The Balaban J connectivity index is 2.07. The minimum Gasteiger partial charge on any atom is -0.388 e. The number of rotatable bonds is 10. The highest BCUT2D eigenvalue weighted by Gasteiger charge is 2.37. The maximum Gasteiger partial charge on any atom is 0.433 e. The van der Waals surface area contributed by atoms with Crippen LogP contribution in [-0.2, 0) is 6.18 Å². The number of halogens is 4. The van der Waals surface area contributed by atoms with E-state index >= 15 is 0 Å². The second-order valence-corrected chi connectivity index (χ2v) is 7.11. The van der Waals surface area contributed by atoms with Crippen LogP contribution in [0.5, 0.6) is 0 Å². The largest absolute Gasteiger partial charge is 0.433 e. The molecule has 0 bridgehead atoms. The number of alkyl halides is 4. The van der Waals surface area contributed by atoms with Gasteiger partial charge >= 0.3 is 6.18 Å². The third-order valence-electron chi connectivity index (χ3n) is 4.76. The predicted octanol–water partition coefficient (Wildman–Crippen LogP) is 6.81. The number of aromatic nitrogens is 1. The van der Waals surface area contributed by atoms with Crippen LogP contribution in [0.4, 0.5) is 17.6 Å². The highest BCUT2D eigenvalue weighted by molar-refractivity contribution is 5.60. The summed E-state index contributed by atoms with van der Waals surface area (Å²) >= 11 is 0. The fourth-order valence-electron chi connectivity index (χ4n) is 3.15. The van der Waals surface area contributed by atoms with Crippen LogP contribution in [0.25, 0.3) is 11.3 Å². The van der Waals surface area contributed by atoms with Gasteiger partial charge in [-0.15, -0.1) is 0 Å². The van der Waals surface area contributed by atoms with Crippen LogP contribution < -0.4 is 0 Å². The van der Waals surface area contributed by atoms with Crippen LogP contribution in [0, 0.1) is 6.92 Å². The highest BCUT2D eigenvalue weighted by atomic mass is 19.4. The van der Waals surface area contributed by atoms with E-state index in [-0.39, 0.29) is 24.4 Å². The normalized spacial score (nSPS) is 12.9. The van der Waals surface area contributed by atoms with Gasteiger partial charge in [-0.05, 0) is 25.8 Å². The lowest BCUT2D eigenvalue weighted by atomic mass is 9.99. The summed E-state index contributed by atoms with van der Waals surface area (Å²) in [6, 6.07) is 9.96. The Labute approximate surface area is 163 Å². The van der Waals surface area contributed by atoms with Crippen molar-refractivity contribution in [2.45, 2.75) is 64.1 Å². The molecule has 0 aliphatic heterocycles. The second kappa shape index (κ2) is 10.6. The molecule has 0 radical (unpaired) electrons. The monoisotopic (exact) mass is 397 g/mol. The molecule has 0 spiro atoms. The fraction of sp³-hybridized carbons (Fsp3) is 0.500. The molecule has 0 aliphatic rings. The molecule has 1 N–H and O–H groups in total. The molecule has 6 heteroatoms. The molecule has 0 amide bonds. The van der Waals surface area contributed by atoms with Crippen molar-refractivity contribution in [3.63, 3.8) is 0 Å². The molecule has 1 aromatic heterocycles. The van der Waals surface area contributed by atoms with Crippen molar-refractivity contribution in [1.82, 2.24) is 4.98 Å². The summed E-state index contributed by atoms with van der Waals surface area (Å²) in [5, 5.41) is 10.3. The first-order valence-electron chi connectivity index (χ1n) is 9.72. The number of benzene rings is 1. The molecule has 1 atom stereocenters. The first-order valence-corrected chi connectivity index (χ1v) is 9.72. The number of pyridine rings is 1. The van der Waals surface area contributed by atoms with Gasteiger partial charge in [0.25, 0.3) is 0 Å².